The van der Waals surface area contributed by atoms with E-state index in [1.165, 1.54) is 4.68 Å². The molecule has 0 bridgehead atoms. The first-order valence-corrected chi connectivity index (χ1v) is 10.2. The maximum atomic E-state index is 12.1. The number of thioether (sulfide) groups is 1. The van der Waals surface area contributed by atoms with Crippen LogP contribution in [-0.2, 0) is 4.79 Å². The molecule has 0 saturated carbocycles. The molecule has 0 aliphatic rings. The van der Waals surface area contributed by atoms with Gasteiger partial charge in [-0.3, -0.25) is 4.79 Å². The number of benzene rings is 2. The van der Waals surface area contributed by atoms with Gasteiger partial charge in [-0.15, -0.1) is 10.2 Å². The lowest BCUT2D eigenvalue weighted by atomic mass is 10.2. The van der Waals surface area contributed by atoms with E-state index in [-0.39, 0.29) is 17.6 Å². The lowest BCUT2D eigenvalue weighted by Crippen LogP contribution is -2.16. The number of rotatable bonds is 8. The minimum absolute atomic E-state index is 0.0595. The van der Waals surface area contributed by atoms with Crippen LogP contribution in [0.2, 0.25) is 10.0 Å². The summed E-state index contributed by atoms with van der Waals surface area (Å²) in [7, 11) is 1.58. The highest BCUT2D eigenvalue weighted by Gasteiger charge is 2.12. The van der Waals surface area contributed by atoms with Crippen LogP contribution in [-0.4, -0.2) is 39.9 Å². The van der Waals surface area contributed by atoms with E-state index in [0.717, 1.165) is 17.3 Å². The van der Waals surface area contributed by atoms with Gasteiger partial charge in [0, 0.05) is 21.3 Å². The van der Waals surface area contributed by atoms with E-state index in [4.69, 9.17) is 33.8 Å². The number of nitrogens with two attached hydrogens (primary N) is 1. The maximum absolute atomic E-state index is 12.1. The molecule has 0 aliphatic heterocycles. The van der Waals surface area contributed by atoms with Gasteiger partial charge in [-0.25, -0.2) is 10.1 Å². The SMILES string of the molecule is COc1ccccc1/C=N/Nc1nnc(SCC(=O)Nc2cc(Cl)cc(Cl)c2)n1N. The van der Waals surface area contributed by atoms with Gasteiger partial charge in [0.1, 0.15) is 5.75 Å². The second-order valence-corrected chi connectivity index (χ2v) is 7.60. The molecule has 0 unspecified atom stereocenters. The van der Waals surface area contributed by atoms with Crippen LogP contribution in [0.25, 0.3) is 0 Å². The number of anilines is 2. The number of aromatic nitrogens is 3. The fourth-order valence-electron chi connectivity index (χ4n) is 2.34. The van der Waals surface area contributed by atoms with Crippen molar-refractivity contribution in [1.29, 1.82) is 0 Å². The minimum atomic E-state index is -0.273. The number of ether oxygens (including phenoxy) is 1. The molecular weight excluding hydrogens is 449 g/mol. The van der Waals surface area contributed by atoms with Crippen molar-refractivity contribution < 1.29 is 9.53 Å². The van der Waals surface area contributed by atoms with Crippen LogP contribution in [0.3, 0.4) is 0 Å². The van der Waals surface area contributed by atoms with Crippen molar-refractivity contribution in [3.05, 3.63) is 58.1 Å². The Kier molecular flexibility index (Phi) is 7.39. The molecule has 0 aliphatic carbocycles. The summed E-state index contributed by atoms with van der Waals surface area (Å²) in [6.07, 6.45) is 1.57. The largest absolute Gasteiger partial charge is 0.496 e. The van der Waals surface area contributed by atoms with Crippen LogP contribution in [0.5, 0.6) is 5.75 Å². The van der Waals surface area contributed by atoms with Crippen molar-refractivity contribution >= 4 is 58.7 Å². The normalized spacial score (nSPS) is 10.9. The average molecular weight is 466 g/mol. The Balaban J connectivity index is 1.56. The average Bonchev–Trinajstić information content (AvgIpc) is 3.05. The third-order valence-corrected chi connectivity index (χ3v) is 5.03. The second-order valence-electron chi connectivity index (χ2n) is 5.78. The highest BCUT2D eigenvalue weighted by molar-refractivity contribution is 7.99. The smallest absolute Gasteiger partial charge is 0.264 e. The second kappa shape index (κ2) is 10.2. The molecule has 0 fully saturated rings. The molecule has 0 atom stereocenters. The van der Waals surface area contributed by atoms with Crippen LogP contribution in [0.1, 0.15) is 5.56 Å². The minimum Gasteiger partial charge on any atom is -0.496 e. The van der Waals surface area contributed by atoms with Crippen molar-refractivity contribution in [3.8, 4) is 5.75 Å². The number of hydrogen-bond acceptors (Lipinski definition) is 8. The summed E-state index contributed by atoms with van der Waals surface area (Å²) in [6.45, 7) is 0. The summed E-state index contributed by atoms with van der Waals surface area (Å²) in [4.78, 5) is 12.1. The zero-order valence-electron chi connectivity index (χ0n) is 15.7. The molecule has 156 valence electrons. The highest BCUT2D eigenvalue weighted by atomic mass is 35.5. The van der Waals surface area contributed by atoms with Gasteiger partial charge in [0.05, 0.1) is 19.1 Å². The summed E-state index contributed by atoms with van der Waals surface area (Å²) < 4.78 is 6.46. The van der Waals surface area contributed by atoms with Gasteiger partial charge in [-0.05, 0) is 30.3 Å². The Morgan fingerprint density at radius 1 is 1.27 bits per heavy atom. The van der Waals surface area contributed by atoms with Crippen LogP contribution in [0.4, 0.5) is 11.6 Å². The van der Waals surface area contributed by atoms with E-state index in [9.17, 15) is 4.79 Å². The molecular formula is C18H17Cl2N7O2S. The van der Waals surface area contributed by atoms with E-state index < -0.39 is 0 Å². The molecule has 0 spiro atoms. The van der Waals surface area contributed by atoms with Gasteiger partial charge in [-0.1, -0.05) is 47.1 Å². The number of carbonyl (C=O) groups is 1. The molecule has 4 N–H and O–H groups in total. The van der Waals surface area contributed by atoms with Gasteiger partial charge in [-0.2, -0.15) is 5.10 Å². The molecule has 0 saturated heterocycles. The Hall–Kier alpha value is -2.95. The summed E-state index contributed by atoms with van der Waals surface area (Å²) in [5.41, 5.74) is 3.99. The van der Waals surface area contributed by atoms with Gasteiger partial charge in [0.15, 0.2) is 0 Å². The Labute approximate surface area is 186 Å². The van der Waals surface area contributed by atoms with E-state index in [2.05, 4.69) is 26.0 Å². The first kappa shape index (κ1) is 21.8. The number of nitrogen functional groups attached to an aromatic ring is 1. The predicted molar refractivity (Wildman–Crippen MR) is 120 cm³/mol. The number of nitrogens with zero attached hydrogens (tertiary/aromatic N) is 4. The van der Waals surface area contributed by atoms with Crippen LogP contribution in [0.15, 0.2) is 52.7 Å². The number of para-hydroxylation sites is 1. The predicted octanol–water partition coefficient (Wildman–Crippen LogP) is 3.48. The first-order valence-electron chi connectivity index (χ1n) is 8.47. The Morgan fingerprint density at radius 3 is 2.73 bits per heavy atom. The summed E-state index contributed by atoms with van der Waals surface area (Å²) in [5.74, 6) is 6.64. The third-order valence-electron chi connectivity index (χ3n) is 3.65. The van der Waals surface area contributed by atoms with Crippen molar-refractivity contribution in [2.45, 2.75) is 5.16 Å². The number of amides is 1. The number of hydrogen-bond donors (Lipinski definition) is 3. The molecule has 3 aromatic rings. The summed E-state index contributed by atoms with van der Waals surface area (Å²) in [6, 6.07) is 12.2. The standard InChI is InChI=1S/C18H17Cl2N7O2S/c1-29-15-5-3-2-4-11(15)9-22-24-17-25-26-18(27(17)21)30-10-16(28)23-14-7-12(19)6-13(20)8-14/h2-9H,10,21H2,1H3,(H,23,28)(H,24,25)/b22-9+. The molecule has 3 rings (SSSR count). The van der Waals surface area contributed by atoms with Gasteiger partial charge < -0.3 is 15.9 Å². The van der Waals surface area contributed by atoms with Gasteiger partial charge in [0.25, 0.3) is 5.95 Å². The zero-order valence-corrected chi connectivity index (χ0v) is 18.0. The summed E-state index contributed by atoms with van der Waals surface area (Å²) >= 11 is 13.0. The monoisotopic (exact) mass is 465 g/mol. The van der Waals surface area contributed by atoms with Crippen LogP contribution >= 0.6 is 35.0 Å². The van der Waals surface area contributed by atoms with Gasteiger partial charge in [0.2, 0.25) is 11.1 Å². The first-order chi connectivity index (χ1) is 14.5. The van der Waals surface area contributed by atoms with Crippen molar-refractivity contribution in [1.82, 2.24) is 14.9 Å². The van der Waals surface area contributed by atoms with Crippen molar-refractivity contribution in [2.75, 3.05) is 29.4 Å². The number of methoxy groups -OCH3 is 1. The van der Waals surface area contributed by atoms with E-state index >= 15 is 0 Å². The van der Waals surface area contributed by atoms with Crippen LogP contribution < -0.4 is 21.3 Å². The quantitative estimate of drug-likeness (QED) is 0.201. The molecule has 1 aromatic heterocycles. The van der Waals surface area contributed by atoms with Crippen molar-refractivity contribution in [3.63, 3.8) is 0 Å². The summed E-state index contributed by atoms with van der Waals surface area (Å²) in [5, 5.41) is 15.9. The highest BCUT2D eigenvalue weighted by Crippen LogP contribution is 2.23. The van der Waals surface area contributed by atoms with E-state index in [0.29, 0.717) is 26.6 Å². The topological polar surface area (TPSA) is 119 Å². The Bertz CT molecular complexity index is 1050. The molecule has 9 nitrogen and oxygen atoms in total. The van der Waals surface area contributed by atoms with E-state index in [1.807, 2.05) is 24.3 Å². The number of carbonyl (C=O) groups excluding carboxylic acids is 1. The van der Waals surface area contributed by atoms with Crippen LogP contribution in [0, 0.1) is 0 Å². The van der Waals surface area contributed by atoms with Gasteiger partial charge >= 0.3 is 0 Å². The molecule has 2 aromatic carbocycles. The fraction of sp³-hybridized carbons (Fsp3) is 0.111. The molecule has 12 heteroatoms. The zero-order chi connectivity index (χ0) is 21.5. The van der Waals surface area contributed by atoms with E-state index in [1.54, 1.807) is 31.5 Å². The fourth-order valence-corrected chi connectivity index (χ4v) is 3.52. The molecule has 1 heterocycles. The maximum Gasteiger partial charge on any atom is 0.264 e. The Morgan fingerprint density at radius 2 is 2.00 bits per heavy atom. The number of hydrazone groups is 1. The number of halogens is 2. The lowest BCUT2D eigenvalue weighted by Gasteiger charge is -2.06. The molecule has 30 heavy (non-hydrogen) atoms. The van der Waals surface area contributed by atoms with Crippen molar-refractivity contribution in [2.24, 2.45) is 5.10 Å². The number of nitrogens with one attached hydrogen (secondary N) is 2. The molecule has 0 radical (unpaired) electrons. The third kappa shape index (κ3) is 5.78. The molecule has 1 amide bonds. The lowest BCUT2D eigenvalue weighted by molar-refractivity contribution is -0.113.